The lowest BCUT2D eigenvalue weighted by atomic mass is 9.60. The molecule has 0 aromatic heterocycles. The minimum absolute atomic E-state index is 0.0908. The van der Waals surface area contributed by atoms with Crippen LogP contribution in [0.25, 0.3) is 0 Å². The fourth-order valence-corrected chi connectivity index (χ4v) is 4.17. The number of nitrogens with zero attached hydrogens (tertiary/aromatic N) is 1. The van der Waals surface area contributed by atoms with Gasteiger partial charge in [0.15, 0.2) is 0 Å². The molecule has 1 heterocycles. The Morgan fingerprint density at radius 3 is 2.50 bits per heavy atom. The number of piperidine rings is 1. The van der Waals surface area contributed by atoms with Crippen molar-refractivity contribution in [3.63, 3.8) is 0 Å². The standard InChI is InChI=1S/C14H24N2O3S/c1-3-4-5-13(17)16-8-6-14(7-9-16)10-12(11-14)15-20(2,18)19/h3,12,15H,1,4-11H2,2H3. The predicted molar refractivity (Wildman–Crippen MR) is 78.7 cm³/mol. The van der Waals surface area contributed by atoms with E-state index in [1.54, 1.807) is 6.08 Å². The lowest BCUT2D eigenvalue weighted by molar-refractivity contribution is -0.134. The number of nitrogens with one attached hydrogen (secondary N) is 1. The quantitative estimate of drug-likeness (QED) is 0.778. The van der Waals surface area contributed by atoms with E-state index < -0.39 is 10.0 Å². The Labute approximate surface area is 121 Å². The Morgan fingerprint density at radius 1 is 1.40 bits per heavy atom. The van der Waals surface area contributed by atoms with E-state index in [1.807, 2.05) is 4.90 Å². The van der Waals surface area contributed by atoms with E-state index >= 15 is 0 Å². The first-order chi connectivity index (χ1) is 9.34. The minimum Gasteiger partial charge on any atom is -0.343 e. The highest BCUT2D eigenvalue weighted by Gasteiger charge is 2.46. The summed E-state index contributed by atoms with van der Waals surface area (Å²) in [6.07, 6.45) is 8.08. The van der Waals surface area contributed by atoms with Gasteiger partial charge in [-0.1, -0.05) is 6.08 Å². The van der Waals surface area contributed by atoms with Crippen LogP contribution in [0, 0.1) is 5.41 Å². The molecule has 1 N–H and O–H groups in total. The van der Waals surface area contributed by atoms with Crippen LogP contribution in [0.2, 0.25) is 0 Å². The van der Waals surface area contributed by atoms with Gasteiger partial charge in [-0.25, -0.2) is 13.1 Å². The molecular weight excluding hydrogens is 276 g/mol. The fourth-order valence-electron chi connectivity index (χ4n) is 3.39. The van der Waals surface area contributed by atoms with Crippen LogP contribution in [-0.4, -0.2) is 44.6 Å². The number of allylic oxidation sites excluding steroid dienone is 1. The molecule has 6 heteroatoms. The van der Waals surface area contributed by atoms with Gasteiger partial charge in [0.1, 0.15) is 0 Å². The van der Waals surface area contributed by atoms with Crippen molar-refractivity contribution >= 4 is 15.9 Å². The van der Waals surface area contributed by atoms with E-state index in [0.29, 0.717) is 6.42 Å². The van der Waals surface area contributed by atoms with Crippen molar-refractivity contribution < 1.29 is 13.2 Å². The molecule has 1 amide bonds. The smallest absolute Gasteiger partial charge is 0.222 e. The number of hydrogen-bond acceptors (Lipinski definition) is 3. The van der Waals surface area contributed by atoms with E-state index in [-0.39, 0.29) is 17.4 Å². The highest BCUT2D eigenvalue weighted by molar-refractivity contribution is 7.88. The first-order valence-electron chi connectivity index (χ1n) is 7.20. The van der Waals surface area contributed by atoms with Crippen LogP contribution < -0.4 is 4.72 Å². The van der Waals surface area contributed by atoms with Gasteiger partial charge in [-0.15, -0.1) is 6.58 Å². The topological polar surface area (TPSA) is 66.5 Å². The molecule has 0 unspecified atom stereocenters. The van der Waals surface area contributed by atoms with Crippen molar-refractivity contribution in [1.82, 2.24) is 9.62 Å². The summed E-state index contributed by atoms with van der Waals surface area (Å²) in [5, 5.41) is 0. The van der Waals surface area contributed by atoms with Gasteiger partial charge in [-0.3, -0.25) is 4.79 Å². The second kappa shape index (κ2) is 5.85. The number of sulfonamides is 1. The summed E-state index contributed by atoms with van der Waals surface area (Å²) in [5.41, 5.74) is 0.261. The van der Waals surface area contributed by atoms with E-state index in [9.17, 15) is 13.2 Å². The SMILES string of the molecule is C=CCCC(=O)N1CCC2(CC1)CC(NS(C)(=O)=O)C2. The minimum atomic E-state index is -3.10. The number of amides is 1. The zero-order valence-electron chi connectivity index (χ0n) is 12.1. The van der Waals surface area contributed by atoms with Crippen LogP contribution in [0.15, 0.2) is 12.7 Å². The maximum absolute atomic E-state index is 11.9. The summed E-state index contributed by atoms with van der Waals surface area (Å²) in [4.78, 5) is 13.8. The Hall–Kier alpha value is -0.880. The number of hydrogen-bond donors (Lipinski definition) is 1. The maximum atomic E-state index is 11.9. The monoisotopic (exact) mass is 300 g/mol. The van der Waals surface area contributed by atoms with Crippen LogP contribution >= 0.6 is 0 Å². The highest BCUT2D eigenvalue weighted by atomic mass is 32.2. The molecule has 114 valence electrons. The second-order valence-corrected chi connectivity index (χ2v) is 7.98. The van der Waals surface area contributed by atoms with Crippen molar-refractivity contribution in [2.45, 2.75) is 44.6 Å². The van der Waals surface area contributed by atoms with Crippen molar-refractivity contribution in [3.05, 3.63) is 12.7 Å². The third-order valence-electron chi connectivity index (χ3n) is 4.48. The summed E-state index contributed by atoms with van der Waals surface area (Å²) in [7, 11) is -3.10. The zero-order valence-corrected chi connectivity index (χ0v) is 12.9. The lowest BCUT2D eigenvalue weighted by Crippen LogP contribution is -2.55. The van der Waals surface area contributed by atoms with Crippen molar-refractivity contribution in [2.75, 3.05) is 19.3 Å². The lowest BCUT2D eigenvalue weighted by Gasteiger charge is -2.52. The summed E-state index contributed by atoms with van der Waals surface area (Å²) < 4.78 is 25.0. The van der Waals surface area contributed by atoms with Crippen LogP contribution in [-0.2, 0) is 14.8 Å². The normalized spacial score (nSPS) is 22.6. The zero-order chi connectivity index (χ0) is 14.8. The first kappa shape index (κ1) is 15.5. The molecule has 0 aromatic carbocycles. The molecule has 1 spiro atoms. The first-order valence-corrected chi connectivity index (χ1v) is 9.09. The van der Waals surface area contributed by atoms with Gasteiger partial charge in [-0.2, -0.15) is 0 Å². The van der Waals surface area contributed by atoms with E-state index in [2.05, 4.69) is 11.3 Å². The van der Waals surface area contributed by atoms with Crippen molar-refractivity contribution in [1.29, 1.82) is 0 Å². The van der Waals surface area contributed by atoms with E-state index in [0.717, 1.165) is 45.2 Å². The largest absolute Gasteiger partial charge is 0.343 e. The van der Waals surface area contributed by atoms with Gasteiger partial charge >= 0.3 is 0 Å². The molecule has 1 aliphatic carbocycles. The van der Waals surface area contributed by atoms with Gasteiger partial charge in [-0.05, 0) is 37.5 Å². The maximum Gasteiger partial charge on any atom is 0.222 e. The Kier molecular flexibility index (Phi) is 4.54. The van der Waals surface area contributed by atoms with Crippen LogP contribution in [0.1, 0.15) is 38.5 Å². The molecule has 5 nitrogen and oxygen atoms in total. The third kappa shape index (κ3) is 3.82. The third-order valence-corrected chi connectivity index (χ3v) is 5.24. The van der Waals surface area contributed by atoms with E-state index in [1.165, 1.54) is 6.26 Å². The van der Waals surface area contributed by atoms with E-state index in [4.69, 9.17) is 0 Å². The Balaban J connectivity index is 1.76. The number of carbonyl (C=O) groups excluding carboxylic acids is 1. The second-order valence-electron chi connectivity index (χ2n) is 6.20. The number of rotatable bonds is 5. The molecule has 2 aliphatic rings. The molecule has 0 atom stereocenters. The number of carbonyl (C=O) groups is 1. The number of likely N-dealkylation sites (tertiary alicyclic amines) is 1. The Morgan fingerprint density at radius 2 is 2.00 bits per heavy atom. The highest BCUT2D eigenvalue weighted by Crippen LogP contribution is 2.49. The van der Waals surface area contributed by atoms with Gasteiger partial charge in [0.05, 0.1) is 6.26 Å². The summed E-state index contributed by atoms with van der Waals surface area (Å²) >= 11 is 0. The van der Waals surface area contributed by atoms with Crippen LogP contribution in [0.3, 0.4) is 0 Å². The van der Waals surface area contributed by atoms with Gasteiger partial charge < -0.3 is 4.90 Å². The molecule has 1 aliphatic heterocycles. The van der Waals surface area contributed by atoms with Gasteiger partial charge in [0.2, 0.25) is 15.9 Å². The van der Waals surface area contributed by atoms with Crippen molar-refractivity contribution in [3.8, 4) is 0 Å². The molecule has 2 fully saturated rings. The average molecular weight is 300 g/mol. The molecule has 0 radical (unpaired) electrons. The summed E-state index contributed by atoms with van der Waals surface area (Å²) in [6.45, 7) is 5.25. The molecule has 0 aromatic rings. The molecule has 0 bridgehead atoms. The van der Waals surface area contributed by atoms with Crippen molar-refractivity contribution in [2.24, 2.45) is 5.41 Å². The molecule has 20 heavy (non-hydrogen) atoms. The molecule has 2 rings (SSSR count). The predicted octanol–water partition coefficient (Wildman–Crippen LogP) is 1.27. The average Bonchev–Trinajstić information content (AvgIpc) is 2.33. The van der Waals surface area contributed by atoms with Crippen LogP contribution in [0.5, 0.6) is 0 Å². The van der Waals surface area contributed by atoms with Gasteiger partial charge in [0.25, 0.3) is 0 Å². The molecular formula is C14H24N2O3S. The van der Waals surface area contributed by atoms with Crippen LogP contribution in [0.4, 0.5) is 0 Å². The molecule has 1 saturated carbocycles. The van der Waals surface area contributed by atoms with Gasteiger partial charge in [0, 0.05) is 25.6 Å². The summed E-state index contributed by atoms with van der Waals surface area (Å²) in [5.74, 6) is 0.213. The molecule has 1 saturated heterocycles. The summed E-state index contributed by atoms with van der Waals surface area (Å²) in [6, 6.07) is 0.0908. The fraction of sp³-hybridized carbons (Fsp3) is 0.786. The Bertz CT molecular complexity index is 471.